The molecule has 0 radical (unpaired) electrons. The first-order valence-corrected chi connectivity index (χ1v) is 17.0. The smallest absolute Gasteiger partial charge is 0.320 e. The molecule has 2 aromatic rings. The molecule has 7 nitrogen and oxygen atoms in total. The van der Waals surface area contributed by atoms with E-state index in [1.54, 1.807) is 23.1 Å². The average Bonchev–Trinajstić information content (AvgIpc) is 3.60. The van der Waals surface area contributed by atoms with Crippen molar-refractivity contribution < 1.29 is 23.9 Å². The molecular formula is C36H42Cl2N2O5. The lowest BCUT2D eigenvalue weighted by atomic mass is 9.66. The number of hydrogen-bond acceptors (Lipinski definition) is 5. The minimum atomic E-state index is -1.23. The van der Waals surface area contributed by atoms with Crippen molar-refractivity contribution in [2.24, 2.45) is 17.3 Å². The Labute approximate surface area is 275 Å². The van der Waals surface area contributed by atoms with Crippen LogP contribution in [0.25, 0.3) is 0 Å². The Balaban J connectivity index is 1.30. The second-order valence-electron chi connectivity index (χ2n) is 13.1. The molecule has 3 heterocycles. The van der Waals surface area contributed by atoms with Crippen LogP contribution in [-0.2, 0) is 30.4 Å². The zero-order chi connectivity index (χ0) is 31.7. The summed E-state index contributed by atoms with van der Waals surface area (Å²) in [7, 11) is 1.37. The van der Waals surface area contributed by atoms with Gasteiger partial charge in [-0.2, -0.15) is 0 Å². The Bertz CT molecular complexity index is 1450. The Kier molecular flexibility index (Phi) is 9.60. The summed E-state index contributed by atoms with van der Waals surface area (Å²) in [4.78, 5) is 45.7. The van der Waals surface area contributed by atoms with Crippen LogP contribution >= 0.6 is 23.2 Å². The van der Waals surface area contributed by atoms with Crippen LogP contribution in [-0.4, -0.2) is 60.0 Å². The zero-order valence-corrected chi connectivity index (χ0v) is 27.6. The van der Waals surface area contributed by atoms with Gasteiger partial charge in [0.05, 0.1) is 25.9 Å². The molecule has 6 rings (SSSR count). The highest BCUT2D eigenvalue weighted by atomic mass is 35.5. The van der Waals surface area contributed by atoms with Gasteiger partial charge in [0.25, 0.3) is 0 Å². The topological polar surface area (TPSA) is 76.2 Å². The van der Waals surface area contributed by atoms with E-state index in [4.69, 9.17) is 32.7 Å². The molecule has 4 atom stereocenters. The maximum absolute atomic E-state index is 14.5. The molecule has 4 aliphatic rings. The number of rotatable bonds is 7. The van der Waals surface area contributed by atoms with Crippen molar-refractivity contribution in [1.29, 1.82) is 0 Å². The quantitative estimate of drug-likeness (QED) is 0.297. The van der Waals surface area contributed by atoms with Gasteiger partial charge in [0, 0.05) is 41.2 Å². The number of carbonyl (C=O) groups is 3. The molecule has 0 bridgehead atoms. The van der Waals surface area contributed by atoms with Gasteiger partial charge in [-0.15, -0.1) is 0 Å². The maximum atomic E-state index is 14.5. The normalized spacial score (nSPS) is 27.7. The number of carbonyl (C=O) groups excluding carboxylic acids is 3. The summed E-state index contributed by atoms with van der Waals surface area (Å²) in [6.45, 7) is 3.33. The monoisotopic (exact) mass is 652 g/mol. The standard InChI is InChI=1S/C36H42Cl2N2O5/c1-23-36(35(43)44-2)21-28(18-33(41)39-16-14-25(15-17-39)24-8-4-3-5-9-24)34(42)40(22-27-12-13-29(37)19-30(27)38)32(36)20-31(45-23)26-10-6-7-11-26/h3-5,8-9,12-13,19-20,23,25-26,28,31H,6-7,10-11,14-18,21-22H2,1-2H3/t23-,28+,31-,36+/m1/s1. The second kappa shape index (κ2) is 13.5. The van der Waals surface area contributed by atoms with Gasteiger partial charge in [0.1, 0.15) is 5.41 Å². The van der Waals surface area contributed by atoms with Gasteiger partial charge in [-0.25, -0.2) is 0 Å². The number of nitrogens with zero attached hydrogens (tertiary/aromatic N) is 2. The van der Waals surface area contributed by atoms with Gasteiger partial charge in [-0.1, -0.05) is 72.4 Å². The summed E-state index contributed by atoms with van der Waals surface area (Å²) in [5.41, 5.74) is 1.38. The van der Waals surface area contributed by atoms with Crippen LogP contribution in [0.5, 0.6) is 0 Å². The molecule has 1 saturated carbocycles. The molecule has 1 aliphatic carbocycles. The number of likely N-dealkylation sites (tertiary alicyclic amines) is 2. The van der Waals surface area contributed by atoms with E-state index in [9.17, 15) is 14.4 Å². The predicted molar refractivity (Wildman–Crippen MR) is 174 cm³/mol. The number of piperidine rings is 2. The van der Waals surface area contributed by atoms with Crippen molar-refractivity contribution in [3.63, 3.8) is 0 Å². The number of benzene rings is 2. The van der Waals surface area contributed by atoms with Crippen LogP contribution in [0.3, 0.4) is 0 Å². The summed E-state index contributed by atoms with van der Waals surface area (Å²) in [5, 5.41) is 0.934. The van der Waals surface area contributed by atoms with Crippen molar-refractivity contribution >= 4 is 41.0 Å². The van der Waals surface area contributed by atoms with E-state index in [1.165, 1.54) is 12.7 Å². The van der Waals surface area contributed by atoms with E-state index in [0.29, 0.717) is 46.2 Å². The molecule has 2 aromatic carbocycles. The van der Waals surface area contributed by atoms with E-state index in [-0.39, 0.29) is 37.3 Å². The average molecular weight is 654 g/mol. The molecule has 3 fully saturated rings. The molecule has 0 aromatic heterocycles. The van der Waals surface area contributed by atoms with Crippen LogP contribution in [0.4, 0.5) is 0 Å². The highest BCUT2D eigenvalue weighted by molar-refractivity contribution is 6.35. The summed E-state index contributed by atoms with van der Waals surface area (Å²) in [5.74, 6) is -0.685. The van der Waals surface area contributed by atoms with Crippen molar-refractivity contribution in [3.05, 3.63) is 81.5 Å². The van der Waals surface area contributed by atoms with Gasteiger partial charge >= 0.3 is 5.97 Å². The van der Waals surface area contributed by atoms with E-state index in [0.717, 1.165) is 38.5 Å². The number of halogens is 2. The predicted octanol–water partition coefficient (Wildman–Crippen LogP) is 7.16. The Hall–Kier alpha value is -2.87. The number of esters is 1. The summed E-state index contributed by atoms with van der Waals surface area (Å²) in [6.07, 6.45) is 7.51. The third kappa shape index (κ3) is 6.28. The van der Waals surface area contributed by atoms with Crippen molar-refractivity contribution in [1.82, 2.24) is 9.80 Å². The first-order chi connectivity index (χ1) is 21.7. The zero-order valence-electron chi connectivity index (χ0n) is 26.1. The van der Waals surface area contributed by atoms with Crippen LogP contribution in [0.15, 0.2) is 60.3 Å². The Morgan fingerprint density at radius 3 is 2.40 bits per heavy atom. The molecule has 240 valence electrons. The molecule has 9 heteroatoms. The van der Waals surface area contributed by atoms with Gasteiger partial charge in [0.15, 0.2) is 0 Å². The van der Waals surface area contributed by atoms with Gasteiger partial charge in [-0.3, -0.25) is 14.4 Å². The third-order valence-electron chi connectivity index (χ3n) is 10.6. The van der Waals surface area contributed by atoms with Crippen LogP contribution in [0.1, 0.15) is 75.3 Å². The third-order valence-corrected chi connectivity index (χ3v) is 11.2. The minimum Gasteiger partial charge on any atom is -0.468 e. The van der Waals surface area contributed by atoms with Gasteiger partial charge in [-0.05, 0) is 80.2 Å². The van der Waals surface area contributed by atoms with Crippen LogP contribution in [0, 0.1) is 17.3 Å². The van der Waals surface area contributed by atoms with E-state index in [1.807, 2.05) is 24.0 Å². The highest BCUT2D eigenvalue weighted by Crippen LogP contribution is 2.52. The van der Waals surface area contributed by atoms with Crippen LogP contribution < -0.4 is 0 Å². The number of hydrogen-bond donors (Lipinski definition) is 0. The lowest BCUT2D eigenvalue weighted by Crippen LogP contribution is -2.60. The highest BCUT2D eigenvalue weighted by Gasteiger charge is 2.60. The fourth-order valence-corrected chi connectivity index (χ4v) is 8.53. The van der Waals surface area contributed by atoms with Crippen molar-refractivity contribution in [2.75, 3.05) is 20.2 Å². The Morgan fingerprint density at radius 1 is 1.02 bits per heavy atom. The van der Waals surface area contributed by atoms with Gasteiger partial charge < -0.3 is 19.3 Å². The lowest BCUT2D eigenvalue weighted by Gasteiger charge is -2.52. The number of methoxy groups -OCH3 is 1. The molecular weight excluding hydrogens is 611 g/mol. The van der Waals surface area contributed by atoms with Crippen LogP contribution in [0.2, 0.25) is 10.0 Å². The summed E-state index contributed by atoms with van der Waals surface area (Å²) in [6, 6.07) is 15.6. The summed E-state index contributed by atoms with van der Waals surface area (Å²) < 4.78 is 12.0. The first-order valence-electron chi connectivity index (χ1n) is 16.3. The van der Waals surface area contributed by atoms with E-state index >= 15 is 0 Å². The van der Waals surface area contributed by atoms with Gasteiger partial charge in [0.2, 0.25) is 11.8 Å². The largest absolute Gasteiger partial charge is 0.468 e. The number of amides is 2. The lowest BCUT2D eigenvalue weighted by molar-refractivity contribution is -0.178. The number of fused-ring (bicyclic) bond motifs is 1. The minimum absolute atomic E-state index is 0.0183. The molecule has 45 heavy (non-hydrogen) atoms. The van der Waals surface area contributed by atoms with E-state index < -0.39 is 23.4 Å². The fraction of sp³-hybridized carbons (Fsp3) is 0.528. The Morgan fingerprint density at radius 2 is 1.73 bits per heavy atom. The molecule has 3 aliphatic heterocycles. The van der Waals surface area contributed by atoms with Crippen molar-refractivity contribution in [3.8, 4) is 0 Å². The second-order valence-corrected chi connectivity index (χ2v) is 14.0. The first kappa shape index (κ1) is 32.1. The SMILES string of the molecule is COC(=O)[C@]12C[C@H](CC(=O)N3CCC(c4ccccc4)CC3)C(=O)N(Cc3ccc(Cl)cc3Cl)C1=C[C@H](C1CCCC1)O[C@@H]2C. The number of ether oxygens (including phenoxy) is 2. The molecule has 2 amide bonds. The molecule has 0 spiro atoms. The maximum Gasteiger partial charge on any atom is 0.320 e. The molecule has 2 saturated heterocycles. The fourth-order valence-electron chi connectivity index (χ4n) is 8.06. The molecule has 0 N–H and O–H groups in total. The molecule has 0 unspecified atom stereocenters. The summed E-state index contributed by atoms with van der Waals surface area (Å²) >= 11 is 12.8. The van der Waals surface area contributed by atoms with E-state index in [2.05, 4.69) is 24.3 Å². The van der Waals surface area contributed by atoms with Crippen molar-refractivity contribution in [2.45, 2.75) is 83.0 Å².